The van der Waals surface area contributed by atoms with Gasteiger partial charge in [-0.2, -0.15) is 0 Å². The molecule has 1 aromatic carbocycles. The van der Waals surface area contributed by atoms with E-state index in [0.29, 0.717) is 51.6 Å². The van der Waals surface area contributed by atoms with E-state index in [4.69, 9.17) is 9.47 Å². The molecule has 2 aliphatic heterocycles. The summed E-state index contributed by atoms with van der Waals surface area (Å²) in [5, 5.41) is 2.83. The fourth-order valence-corrected chi connectivity index (χ4v) is 4.32. The number of hydrogen-bond acceptors (Lipinski definition) is 4. The van der Waals surface area contributed by atoms with Gasteiger partial charge in [0, 0.05) is 32.8 Å². The Bertz CT molecular complexity index is 748. The first-order valence-electron chi connectivity index (χ1n) is 10.8. The van der Waals surface area contributed by atoms with Crippen molar-refractivity contribution in [3.8, 4) is 0 Å². The Morgan fingerprint density at radius 1 is 1.23 bits per heavy atom. The summed E-state index contributed by atoms with van der Waals surface area (Å²) < 4.78 is 24.7. The molecule has 0 spiro atoms. The molecule has 2 aliphatic rings. The number of likely N-dealkylation sites (tertiary alicyclic amines) is 1. The number of nitrogens with zero attached hydrogens (tertiary/aromatic N) is 1. The van der Waals surface area contributed by atoms with Crippen molar-refractivity contribution < 1.29 is 23.5 Å². The van der Waals surface area contributed by atoms with Crippen molar-refractivity contribution in [3.63, 3.8) is 0 Å². The number of ether oxygens (including phenoxy) is 2. The highest BCUT2D eigenvalue weighted by atomic mass is 19.1. The van der Waals surface area contributed by atoms with Gasteiger partial charge in [0.15, 0.2) is 0 Å². The van der Waals surface area contributed by atoms with Crippen molar-refractivity contribution in [1.29, 1.82) is 0 Å². The second kappa shape index (κ2) is 9.33. The molecular weight excluding hydrogens is 387 g/mol. The summed E-state index contributed by atoms with van der Waals surface area (Å²) in [6, 6.07) is 6.42. The van der Waals surface area contributed by atoms with Crippen LogP contribution in [0.3, 0.4) is 0 Å². The fraction of sp³-hybridized carbons (Fsp3) is 0.652. The van der Waals surface area contributed by atoms with Crippen LogP contribution in [0, 0.1) is 11.7 Å². The summed E-state index contributed by atoms with van der Waals surface area (Å²) >= 11 is 0. The van der Waals surface area contributed by atoms with Crippen molar-refractivity contribution in [1.82, 2.24) is 10.2 Å². The zero-order chi connectivity index (χ0) is 21.8. The molecule has 0 radical (unpaired) electrons. The van der Waals surface area contributed by atoms with Gasteiger partial charge in [-0.3, -0.25) is 4.79 Å². The van der Waals surface area contributed by atoms with Crippen LogP contribution in [-0.2, 0) is 19.7 Å². The molecule has 7 heteroatoms. The van der Waals surface area contributed by atoms with Crippen LogP contribution >= 0.6 is 0 Å². The largest absolute Gasteiger partial charge is 0.444 e. The second-order valence-electron chi connectivity index (χ2n) is 9.32. The topological polar surface area (TPSA) is 67.9 Å². The van der Waals surface area contributed by atoms with Gasteiger partial charge in [0.25, 0.3) is 0 Å². The minimum Gasteiger partial charge on any atom is -0.444 e. The average molecular weight is 421 g/mol. The standard InChI is InChI=1S/C23H33FN2O4/c1-22(2,3)30-21(28)25-16-17-7-11-26(12-8-17)20(27)23(9-13-29-14-10-23)18-5-4-6-19(24)15-18/h4-6,15,17H,7-14,16H2,1-3H3,(H,25,28). The molecule has 1 N–H and O–H groups in total. The van der Waals surface area contributed by atoms with E-state index in [0.717, 1.165) is 18.4 Å². The number of amides is 2. The van der Waals surface area contributed by atoms with Crippen LogP contribution in [-0.4, -0.2) is 55.3 Å². The molecule has 166 valence electrons. The van der Waals surface area contributed by atoms with Crippen LogP contribution in [0.5, 0.6) is 0 Å². The smallest absolute Gasteiger partial charge is 0.407 e. The number of rotatable bonds is 4. The molecule has 6 nitrogen and oxygen atoms in total. The number of piperidine rings is 1. The van der Waals surface area contributed by atoms with E-state index < -0.39 is 17.1 Å². The first-order chi connectivity index (χ1) is 14.2. The van der Waals surface area contributed by atoms with Crippen LogP contribution in [0.1, 0.15) is 52.0 Å². The van der Waals surface area contributed by atoms with Crippen molar-refractivity contribution in [2.75, 3.05) is 32.8 Å². The highest BCUT2D eigenvalue weighted by molar-refractivity contribution is 5.88. The maximum atomic E-state index is 13.9. The predicted octanol–water partition coefficient (Wildman–Crippen LogP) is 3.64. The summed E-state index contributed by atoms with van der Waals surface area (Å²) in [6.07, 6.45) is 2.35. The summed E-state index contributed by atoms with van der Waals surface area (Å²) in [4.78, 5) is 27.3. The molecule has 0 saturated carbocycles. The van der Waals surface area contributed by atoms with E-state index in [-0.39, 0.29) is 11.7 Å². The number of halogens is 1. The van der Waals surface area contributed by atoms with Crippen molar-refractivity contribution >= 4 is 12.0 Å². The Labute approximate surface area is 178 Å². The number of benzene rings is 1. The normalized spacial score (nSPS) is 19.9. The molecule has 30 heavy (non-hydrogen) atoms. The second-order valence-corrected chi connectivity index (χ2v) is 9.32. The number of carbonyl (C=O) groups is 2. The summed E-state index contributed by atoms with van der Waals surface area (Å²) in [7, 11) is 0. The highest BCUT2D eigenvalue weighted by Gasteiger charge is 2.44. The summed E-state index contributed by atoms with van der Waals surface area (Å²) in [6.45, 7) is 8.32. The lowest BCUT2D eigenvalue weighted by Crippen LogP contribution is -2.52. The Hall–Kier alpha value is -2.15. The molecule has 2 amide bonds. The monoisotopic (exact) mass is 420 g/mol. The minimum absolute atomic E-state index is 0.0648. The molecule has 2 heterocycles. The van der Waals surface area contributed by atoms with Gasteiger partial charge in [0.1, 0.15) is 11.4 Å². The molecule has 0 aromatic heterocycles. The molecule has 0 aliphatic carbocycles. The Kier molecular flexibility index (Phi) is 7.01. The van der Waals surface area contributed by atoms with E-state index in [2.05, 4.69) is 5.32 Å². The highest BCUT2D eigenvalue weighted by Crippen LogP contribution is 2.38. The number of alkyl carbamates (subject to hydrolysis) is 1. The first kappa shape index (κ1) is 22.5. The van der Waals surface area contributed by atoms with E-state index in [1.807, 2.05) is 31.7 Å². The maximum Gasteiger partial charge on any atom is 0.407 e. The van der Waals surface area contributed by atoms with Gasteiger partial charge in [-0.15, -0.1) is 0 Å². The Morgan fingerprint density at radius 3 is 2.50 bits per heavy atom. The maximum absolute atomic E-state index is 13.9. The molecule has 3 rings (SSSR count). The van der Waals surface area contributed by atoms with Gasteiger partial charge in [-0.05, 0) is 70.1 Å². The molecule has 2 saturated heterocycles. The van der Waals surface area contributed by atoms with Crippen molar-refractivity contribution in [2.45, 2.75) is 57.5 Å². The number of nitrogens with one attached hydrogen (secondary N) is 1. The molecule has 0 bridgehead atoms. The third kappa shape index (κ3) is 5.50. The molecule has 0 unspecified atom stereocenters. The Balaban J connectivity index is 1.60. The third-order valence-electron chi connectivity index (χ3n) is 5.97. The lowest BCUT2D eigenvalue weighted by molar-refractivity contribution is -0.142. The molecular formula is C23H33FN2O4. The quantitative estimate of drug-likeness (QED) is 0.808. The molecule has 0 atom stereocenters. The first-order valence-corrected chi connectivity index (χ1v) is 10.8. The van der Waals surface area contributed by atoms with E-state index in [1.165, 1.54) is 12.1 Å². The average Bonchev–Trinajstić information content (AvgIpc) is 2.71. The van der Waals surface area contributed by atoms with Crippen LogP contribution in [0.15, 0.2) is 24.3 Å². The van der Waals surface area contributed by atoms with Gasteiger partial charge >= 0.3 is 6.09 Å². The van der Waals surface area contributed by atoms with Crippen molar-refractivity contribution in [2.24, 2.45) is 5.92 Å². The van der Waals surface area contributed by atoms with E-state index >= 15 is 0 Å². The lowest BCUT2D eigenvalue weighted by Gasteiger charge is -2.42. The van der Waals surface area contributed by atoms with Crippen LogP contribution in [0.4, 0.5) is 9.18 Å². The fourth-order valence-electron chi connectivity index (χ4n) is 4.32. The number of hydrogen-bond donors (Lipinski definition) is 1. The third-order valence-corrected chi connectivity index (χ3v) is 5.97. The molecule has 2 fully saturated rings. The van der Waals surface area contributed by atoms with Gasteiger partial charge in [0.2, 0.25) is 5.91 Å². The van der Waals surface area contributed by atoms with Crippen molar-refractivity contribution in [3.05, 3.63) is 35.6 Å². The summed E-state index contributed by atoms with van der Waals surface area (Å²) in [5.41, 5.74) is -0.499. The van der Waals surface area contributed by atoms with Crippen LogP contribution in [0.2, 0.25) is 0 Å². The van der Waals surface area contributed by atoms with E-state index in [9.17, 15) is 14.0 Å². The SMILES string of the molecule is CC(C)(C)OC(=O)NCC1CCN(C(=O)C2(c3cccc(F)c3)CCOCC2)CC1. The lowest BCUT2D eigenvalue weighted by atomic mass is 9.72. The van der Waals surface area contributed by atoms with Crippen LogP contribution < -0.4 is 5.32 Å². The Morgan fingerprint density at radius 2 is 1.90 bits per heavy atom. The number of carbonyl (C=O) groups excluding carboxylic acids is 2. The van der Waals surface area contributed by atoms with Gasteiger partial charge < -0.3 is 19.7 Å². The van der Waals surface area contributed by atoms with Gasteiger partial charge in [-0.1, -0.05) is 12.1 Å². The summed E-state index contributed by atoms with van der Waals surface area (Å²) in [5.74, 6) is 0.0504. The predicted molar refractivity (Wildman–Crippen MR) is 112 cm³/mol. The zero-order valence-corrected chi connectivity index (χ0v) is 18.2. The van der Waals surface area contributed by atoms with E-state index in [1.54, 1.807) is 6.07 Å². The zero-order valence-electron chi connectivity index (χ0n) is 18.2. The minimum atomic E-state index is -0.720. The van der Waals surface area contributed by atoms with Crippen LogP contribution in [0.25, 0.3) is 0 Å². The van der Waals surface area contributed by atoms with Gasteiger partial charge in [0.05, 0.1) is 5.41 Å². The van der Waals surface area contributed by atoms with Gasteiger partial charge in [-0.25, -0.2) is 9.18 Å². The molecule has 1 aromatic rings.